The number of nitrogen functional groups attached to an aromatic ring is 1. The lowest BCUT2D eigenvalue weighted by molar-refractivity contribution is 0.729. The molecular formula is C10H11BrN10. The third kappa shape index (κ3) is 2.36. The first-order valence-electron chi connectivity index (χ1n) is 5.90. The van der Waals surface area contributed by atoms with E-state index in [1.165, 1.54) is 17.3 Å². The summed E-state index contributed by atoms with van der Waals surface area (Å²) in [7, 11) is 0. The number of anilines is 1. The van der Waals surface area contributed by atoms with Gasteiger partial charge in [-0.05, 0) is 29.8 Å². The number of halogens is 1. The summed E-state index contributed by atoms with van der Waals surface area (Å²) in [4.78, 5) is 16.5. The summed E-state index contributed by atoms with van der Waals surface area (Å²) < 4.78 is 3.90. The minimum atomic E-state index is 0.203. The van der Waals surface area contributed by atoms with Crippen molar-refractivity contribution in [1.29, 1.82) is 0 Å². The molecule has 0 saturated heterocycles. The van der Waals surface area contributed by atoms with Crippen molar-refractivity contribution >= 4 is 21.9 Å². The highest BCUT2D eigenvalue weighted by atomic mass is 79.9. The topological polar surface area (TPSA) is 125 Å². The fourth-order valence-electron chi connectivity index (χ4n) is 1.75. The molecule has 0 spiro atoms. The van der Waals surface area contributed by atoms with Gasteiger partial charge in [-0.25, -0.2) is 15.5 Å². The van der Waals surface area contributed by atoms with Gasteiger partial charge in [-0.3, -0.25) is 5.43 Å². The first-order valence-corrected chi connectivity index (χ1v) is 6.69. The summed E-state index contributed by atoms with van der Waals surface area (Å²) in [6.45, 7) is 3.79. The van der Waals surface area contributed by atoms with E-state index in [4.69, 9.17) is 5.84 Å². The van der Waals surface area contributed by atoms with Crippen LogP contribution < -0.4 is 11.3 Å². The zero-order chi connectivity index (χ0) is 15.0. The molecule has 0 radical (unpaired) electrons. The van der Waals surface area contributed by atoms with Gasteiger partial charge in [0, 0.05) is 0 Å². The highest BCUT2D eigenvalue weighted by Crippen LogP contribution is 2.22. The molecular weight excluding hydrogens is 340 g/mol. The van der Waals surface area contributed by atoms with E-state index in [-0.39, 0.29) is 11.9 Å². The number of hydrogen-bond donors (Lipinski definition) is 2. The Morgan fingerprint density at radius 3 is 2.52 bits per heavy atom. The quantitative estimate of drug-likeness (QED) is 0.510. The Morgan fingerprint density at radius 2 is 1.95 bits per heavy atom. The molecule has 0 aliphatic rings. The summed E-state index contributed by atoms with van der Waals surface area (Å²) in [6, 6.07) is 0. The van der Waals surface area contributed by atoms with E-state index in [1.54, 1.807) is 4.68 Å². The van der Waals surface area contributed by atoms with E-state index < -0.39 is 0 Å². The molecule has 3 heterocycles. The second-order valence-corrected chi connectivity index (χ2v) is 4.93. The van der Waals surface area contributed by atoms with Gasteiger partial charge < -0.3 is 0 Å². The number of hydrazine groups is 1. The van der Waals surface area contributed by atoms with Crippen molar-refractivity contribution in [1.82, 2.24) is 39.5 Å². The molecule has 3 aromatic heterocycles. The third-order valence-electron chi connectivity index (χ3n) is 2.76. The van der Waals surface area contributed by atoms with Gasteiger partial charge in [0.15, 0.2) is 0 Å². The first-order chi connectivity index (χ1) is 10.1. The zero-order valence-corrected chi connectivity index (χ0v) is 12.8. The van der Waals surface area contributed by atoms with Gasteiger partial charge >= 0.3 is 0 Å². The van der Waals surface area contributed by atoms with Gasteiger partial charge in [-0.15, -0.1) is 0 Å². The summed E-state index contributed by atoms with van der Waals surface area (Å²) in [5.74, 6) is 6.22. The van der Waals surface area contributed by atoms with Gasteiger partial charge in [0.2, 0.25) is 5.95 Å². The molecule has 0 aromatic carbocycles. The lowest BCUT2D eigenvalue weighted by Gasteiger charge is -2.07. The van der Waals surface area contributed by atoms with Crippen LogP contribution in [-0.2, 0) is 0 Å². The molecule has 0 aliphatic heterocycles. The zero-order valence-electron chi connectivity index (χ0n) is 11.2. The number of hydrogen-bond acceptors (Lipinski definition) is 8. The van der Waals surface area contributed by atoms with E-state index in [9.17, 15) is 0 Å². The van der Waals surface area contributed by atoms with Gasteiger partial charge in [0.05, 0.1) is 15.9 Å². The summed E-state index contributed by atoms with van der Waals surface area (Å²) in [5.41, 5.74) is 4.10. The third-order valence-corrected chi connectivity index (χ3v) is 3.90. The Kier molecular flexibility index (Phi) is 3.35. The van der Waals surface area contributed by atoms with E-state index in [0.717, 1.165) is 15.9 Å². The SMILES string of the molecule is Cc1nn(-c2nc(NN)nc(-n3cncn3)n2)c(C)c1Br. The van der Waals surface area contributed by atoms with Crippen LogP contribution in [0.3, 0.4) is 0 Å². The molecule has 0 aliphatic carbocycles. The predicted octanol–water partition coefficient (Wildman–Crippen LogP) is 0.303. The second kappa shape index (κ2) is 5.18. The summed E-state index contributed by atoms with van der Waals surface area (Å²) >= 11 is 3.47. The van der Waals surface area contributed by atoms with Crippen molar-refractivity contribution < 1.29 is 0 Å². The number of nitrogens with zero attached hydrogens (tertiary/aromatic N) is 8. The molecule has 10 nitrogen and oxygen atoms in total. The van der Waals surface area contributed by atoms with Crippen LogP contribution in [0.2, 0.25) is 0 Å². The second-order valence-electron chi connectivity index (χ2n) is 4.14. The summed E-state index contributed by atoms with van der Waals surface area (Å²) in [5, 5.41) is 8.37. The standard InChI is InChI=1S/C10H11BrN10/c1-5-7(11)6(2)21(19-5)10-16-8(18-12)15-9(17-10)20-4-13-3-14-20/h3-4H,12H2,1-2H3,(H,15,16,17,18). The van der Waals surface area contributed by atoms with E-state index in [2.05, 4.69) is 51.5 Å². The molecule has 108 valence electrons. The predicted molar refractivity (Wildman–Crippen MR) is 76.9 cm³/mol. The molecule has 0 saturated carbocycles. The maximum absolute atomic E-state index is 5.41. The van der Waals surface area contributed by atoms with Crippen LogP contribution in [-0.4, -0.2) is 39.5 Å². The maximum Gasteiger partial charge on any atom is 0.258 e. The van der Waals surface area contributed by atoms with Gasteiger partial charge in [0.25, 0.3) is 11.9 Å². The van der Waals surface area contributed by atoms with Crippen LogP contribution in [0.15, 0.2) is 17.1 Å². The monoisotopic (exact) mass is 350 g/mol. The van der Waals surface area contributed by atoms with E-state index >= 15 is 0 Å². The van der Waals surface area contributed by atoms with Crippen LogP contribution in [0.5, 0.6) is 0 Å². The molecule has 0 unspecified atom stereocenters. The smallest absolute Gasteiger partial charge is 0.258 e. The highest BCUT2D eigenvalue weighted by Gasteiger charge is 2.15. The van der Waals surface area contributed by atoms with Crippen molar-refractivity contribution in [2.24, 2.45) is 5.84 Å². The average molecular weight is 351 g/mol. The molecule has 3 aromatic rings. The number of nitrogens with one attached hydrogen (secondary N) is 1. The Bertz CT molecular complexity index is 777. The summed E-state index contributed by atoms with van der Waals surface area (Å²) in [6.07, 6.45) is 2.87. The Hall–Kier alpha value is -2.40. The lowest BCUT2D eigenvalue weighted by Crippen LogP contribution is -2.17. The fourth-order valence-corrected chi connectivity index (χ4v) is 1.99. The molecule has 11 heteroatoms. The Morgan fingerprint density at radius 1 is 1.19 bits per heavy atom. The van der Waals surface area contributed by atoms with Crippen LogP contribution in [0.25, 0.3) is 11.9 Å². The fraction of sp³-hybridized carbons (Fsp3) is 0.200. The number of rotatable bonds is 3. The lowest BCUT2D eigenvalue weighted by atomic mass is 10.4. The maximum atomic E-state index is 5.41. The van der Waals surface area contributed by atoms with E-state index in [0.29, 0.717) is 5.95 Å². The van der Waals surface area contributed by atoms with E-state index in [1.807, 2.05) is 13.8 Å². The molecule has 0 atom stereocenters. The van der Waals surface area contributed by atoms with Crippen LogP contribution in [0, 0.1) is 13.8 Å². The van der Waals surface area contributed by atoms with Crippen molar-refractivity contribution in [3.63, 3.8) is 0 Å². The molecule has 3 N–H and O–H groups in total. The van der Waals surface area contributed by atoms with Gasteiger partial charge in [-0.2, -0.15) is 29.8 Å². The van der Waals surface area contributed by atoms with Crippen molar-refractivity contribution in [3.05, 3.63) is 28.5 Å². The Balaban J connectivity index is 2.18. The molecule has 21 heavy (non-hydrogen) atoms. The number of nitrogens with two attached hydrogens (primary N) is 1. The molecule has 3 rings (SSSR count). The average Bonchev–Trinajstić information content (AvgIpc) is 3.12. The number of aromatic nitrogens is 8. The van der Waals surface area contributed by atoms with Crippen molar-refractivity contribution in [3.8, 4) is 11.9 Å². The largest absolute Gasteiger partial charge is 0.292 e. The minimum Gasteiger partial charge on any atom is -0.292 e. The molecule has 0 fully saturated rings. The molecule has 0 amide bonds. The highest BCUT2D eigenvalue weighted by molar-refractivity contribution is 9.10. The normalized spacial score (nSPS) is 10.9. The van der Waals surface area contributed by atoms with Crippen LogP contribution in [0.4, 0.5) is 5.95 Å². The van der Waals surface area contributed by atoms with Gasteiger partial charge in [-0.1, -0.05) is 0 Å². The minimum absolute atomic E-state index is 0.203. The Labute approximate surface area is 127 Å². The number of aryl methyl sites for hydroxylation is 1. The van der Waals surface area contributed by atoms with Gasteiger partial charge in [0.1, 0.15) is 12.7 Å². The first kappa shape index (κ1) is 13.6. The van der Waals surface area contributed by atoms with Crippen LogP contribution >= 0.6 is 15.9 Å². The van der Waals surface area contributed by atoms with Crippen molar-refractivity contribution in [2.75, 3.05) is 5.43 Å². The molecule has 0 bridgehead atoms. The van der Waals surface area contributed by atoms with Crippen molar-refractivity contribution in [2.45, 2.75) is 13.8 Å². The van der Waals surface area contributed by atoms with Crippen LogP contribution in [0.1, 0.15) is 11.4 Å².